The Morgan fingerprint density at radius 1 is 1.02 bits per heavy atom. The van der Waals surface area contributed by atoms with Gasteiger partial charge in [-0.05, 0) is 61.9 Å². The zero-order chi connectivity index (χ0) is 29.6. The highest BCUT2D eigenvalue weighted by Gasteiger charge is 2.42. The van der Waals surface area contributed by atoms with E-state index in [9.17, 15) is 18.0 Å². The predicted molar refractivity (Wildman–Crippen MR) is 147 cm³/mol. The number of rotatable bonds is 7. The average molecular weight is 584 g/mol. The molecule has 12 heteroatoms. The summed E-state index contributed by atoms with van der Waals surface area (Å²) in [5.41, 5.74) is 3.00. The van der Waals surface area contributed by atoms with Crippen LogP contribution < -0.4 is 9.64 Å². The van der Waals surface area contributed by atoms with E-state index in [2.05, 4.69) is 9.97 Å². The van der Waals surface area contributed by atoms with Gasteiger partial charge in [0, 0.05) is 36.6 Å². The summed E-state index contributed by atoms with van der Waals surface area (Å²) in [5, 5.41) is 0. The SMILES string of the molecule is COc1ncc(C2CC2)cc1-c1cnc(N2CCOCC2)nc1CN1C(=O)O[C@H](c2cc(C)cc(C(F)(F)F)c2)[C@@H]1C. The van der Waals surface area contributed by atoms with Crippen molar-refractivity contribution in [2.24, 2.45) is 0 Å². The smallest absolute Gasteiger partial charge is 0.416 e. The number of ether oxygens (including phenoxy) is 3. The van der Waals surface area contributed by atoms with Crippen LogP contribution in [0.3, 0.4) is 0 Å². The van der Waals surface area contributed by atoms with Crippen LogP contribution in [-0.4, -0.2) is 65.4 Å². The van der Waals surface area contributed by atoms with Crippen LogP contribution in [0.25, 0.3) is 11.1 Å². The van der Waals surface area contributed by atoms with Crippen LogP contribution in [0.1, 0.15) is 59.7 Å². The van der Waals surface area contributed by atoms with E-state index < -0.39 is 30.0 Å². The van der Waals surface area contributed by atoms with Crippen molar-refractivity contribution in [1.82, 2.24) is 19.9 Å². The van der Waals surface area contributed by atoms with Gasteiger partial charge in [0.25, 0.3) is 0 Å². The molecular weight excluding hydrogens is 551 g/mol. The molecule has 4 heterocycles. The summed E-state index contributed by atoms with van der Waals surface area (Å²) < 4.78 is 57.4. The van der Waals surface area contributed by atoms with Crippen molar-refractivity contribution < 1.29 is 32.2 Å². The van der Waals surface area contributed by atoms with Gasteiger partial charge in [0.05, 0.1) is 44.2 Å². The number of pyridine rings is 1. The lowest BCUT2D eigenvalue weighted by atomic mass is 9.98. The fraction of sp³-hybridized carbons (Fsp3) is 0.467. The van der Waals surface area contributed by atoms with Gasteiger partial charge in [0.15, 0.2) is 0 Å². The number of nitrogens with zero attached hydrogens (tertiary/aromatic N) is 5. The fourth-order valence-corrected chi connectivity index (χ4v) is 5.59. The number of halogens is 3. The lowest BCUT2D eigenvalue weighted by Crippen LogP contribution is -2.38. The molecular formula is C30H32F3N5O4. The van der Waals surface area contributed by atoms with E-state index in [0.29, 0.717) is 66.4 Å². The van der Waals surface area contributed by atoms with Crippen LogP contribution in [0.4, 0.5) is 23.9 Å². The first-order valence-electron chi connectivity index (χ1n) is 14.0. The monoisotopic (exact) mass is 583 g/mol. The minimum absolute atomic E-state index is 0.0560. The van der Waals surface area contributed by atoms with Gasteiger partial charge in [-0.15, -0.1) is 0 Å². The lowest BCUT2D eigenvalue weighted by molar-refractivity contribution is -0.137. The molecule has 42 heavy (non-hydrogen) atoms. The maximum Gasteiger partial charge on any atom is 0.416 e. The van der Waals surface area contributed by atoms with Crippen LogP contribution in [-0.2, 0) is 22.2 Å². The summed E-state index contributed by atoms with van der Waals surface area (Å²) in [6, 6.07) is 5.24. The molecule has 9 nitrogen and oxygen atoms in total. The summed E-state index contributed by atoms with van der Waals surface area (Å²) in [4.78, 5) is 30.8. The van der Waals surface area contributed by atoms with E-state index in [-0.39, 0.29) is 6.54 Å². The molecule has 3 aromatic rings. The highest BCUT2D eigenvalue weighted by atomic mass is 19.4. The molecule has 222 valence electrons. The predicted octanol–water partition coefficient (Wildman–Crippen LogP) is 5.67. The number of anilines is 1. The van der Waals surface area contributed by atoms with Gasteiger partial charge in [-0.1, -0.05) is 11.6 Å². The highest BCUT2D eigenvalue weighted by molar-refractivity contribution is 5.74. The number of aromatic nitrogens is 3. The second kappa shape index (κ2) is 11.0. The molecule has 2 aliphatic heterocycles. The zero-order valence-electron chi connectivity index (χ0n) is 23.6. The number of carbonyl (C=O) groups excluding carboxylic acids is 1. The highest BCUT2D eigenvalue weighted by Crippen LogP contribution is 2.43. The van der Waals surface area contributed by atoms with Crippen molar-refractivity contribution in [2.75, 3.05) is 38.3 Å². The molecule has 2 atom stereocenters. The van der Waals surface area contributed by atoms with Gasteiger partial charge in [-0.2, -0.15) is 13.2 Å². The molecule has 0 unspecified atom stereocenters. The molecule has 3 aliphatic rings. The first-order valence-corrected chi connectivity index (χ1v) is 14.0. The van der Waals surface area contributed by atoms with Gasteiger partial charge < -0.3 is 19.1 Å². The van der Waals surface area contributed by atoms with Gasteiger partial charge in [-0.25, -0.2) is 19.7 Å². The summed E-state index contributed by atoms with van der Waals surface area (Å²) in [7, 11) is 1.55. The van der Waals surface area contributed by atoms with Crippen LogP contribution in [0.5, 0.6) is 5.88 Å². The Kier molecular flexibility index (Phi) is 7.42. The Morgan fingerprint density at radius 3 is 2.48 bits per heavy atom. The Morgan fingerprint density at radius 2 is 1.79 bits per heavy atom. The standard InChI is InChI=1S/C30H32F3N5O4/c1-17-10-20(12-22(11-17)30(31,32)33)26-18(2)38(29(39)42-26)16-25-24(15-35-28(36-25)37-6-8-41-9-7-37)23-13-21(19-4-5-19)14-34-27(23)40-3/h10-15,18-19,26H,4-9,16H2,1-3H3/t18-,26-/m0/s1. The Bertz CT molecular complexity index is 1490. The normalized spacial score (nSPS) is 21.0. The first-order chi connectivity index (χ1) is 20.1. The second-order valence-electron chi connectivity index (χ2n) is 11.0. The van der Waals surface area contributed by atoms with E-state index in [0.717, 1.165) is 36.1 Å². The maximum absolute atomic E-state index is 13.6. The molecule has 2 aromatic heterocycles. The van der Waals surface area contributed by atoms with Crippen molar-refractivity contribution in [3.63, 3.8) is 0 Å². The summed E-state index contributed by atoms with van der Waals surface area (Å²) in [5.74, 6) is 1.37. The molecule has 1 saturated carbocycles. The van der Waals surface area contributed by atoms with Crippen molar-refractivity contribution in [3.05, 3.63) is 64.6 Å². The van der Waals surface area contributed by atoms with Gasteiger partial charge >= 0.3 is 12.3 Å². The van der Waals surface area contributed by atoms with E-state index in [1.54, 1.807) is 33.2 Å². The molecule has 3 fully saturated rings. The molecule has 0 bridgehead atoms. The average Bonchev–Trinajstić information content (AvgIpc) is 3.79. The first kappa shape index (κ1) is 28.2. The number of aryl methyl sites for hydroxylation is 1. The quantitative estimate of drug-likeness (QED) is 0.352. The minimum atomic E-state index is -4.51. The van der Waals surface area contributed by atoms with E-state index in [1.807, 2.05) is 17.2 Å². The number of alkyl halides is 3. The third-order valence-corrected chi connectivity index (χ3v) is 8.02. The van der Waals surface area contributed by atoms with E-state index >= 15 is 0 Å². The number of carbonyl (C=O) groups is 1. The fourth-order valence-electron chi connectivity index (χ4n) is 5.59. The number of amides is 1. The number of methoxy groups -OCH3 is 1. The topological polar surface area (TPSA) is 89.9 Å². The largest absolute Gasteiger partial charge is 0.481 e. The van der Waals surface area contributed by atoms with Crippen molar-refractivity contribution in [3.8, 4) is 17.0 Å². The third-order valence-electron chi connectivity index (χ3n) is 8.02. The molecule has 6 rings (SSSR count). The van der Waals surface area contributed by atoms with Crippen LogP contribution in [0, 0.1) is 6.92 Å². The zero-order valence-corrected chi connectivity index (χ0v) is 23.6. The molecule has 0 radical (unpaired) electrons. The van der Waals surface area contributed by atoms with E-state index in [4.69, 9.17) is 19.2 Å². The molecule has 1 aromatic carbocycles. The molecule has 0 spiro atoms. The minimum Gasteiger partial charge on any atom is -0.481 e. The number of benzene rings is 1. The second-order valence-corrected chi connectivity index (χ2v) is 11.0. The molecule has 1 amide bonds. The Labute approximate surface area is 241 Å². The number of hydrogen-bond donors (Lipinski definition) is 0. The van der Waals surface area contributed by atoms with E-state index in [1.165, 1.54) is 4.90 Å². The van der Waals surface area contributed by atoms with Gasteiger partial charge in [-0.3, -0.25) is 4.90 Å². The van der Waals surface area contributed by atoms with Crippen molar-refractivity contribution >= 4 is 12.0 Å². The van der Waals surface area contributed by atoms with Crippen molar-refractivity contribution in [2.45, 2.75) is 57.5 Å². The summed E-state index contributed by atoms with van der Waals surface area (Å²) in [6.45, 7) is 5.77. The number of hydrogen-bond acceptors (Lipinski definition) is 8. The molecule has 1 aliphatic carbocycles. The summed E-state index contributed by atoms with van der Waals surface area (Å²) in [6.07, 6.45) is -0.276. The van der Waals surface area contributed by atoms with Crippen LogP contribution in [0.15, 0.2) is 36.7 Å². The third kappa shape index (κ3) is 5.59. The Balaban J connectivity index is 1.37. The lowest BCUT2D eigenvalue weighted by Gasteiger charge is -2.28. The van der Waals surface area contributed by atoms with Gasteiger partial charge in [0.2, 0.25) is 11.8 Å². The molecule has 0 N–H and O–H groups in total. The van der Waals surface area contributed by atoms with Crippen LogP contribution >= 0.6 is 0 Å². The van der Waals surface area contributed by atoms with Crippen molar-refractivity contribution in [1.29, 1.82) is 0 Å². The van der Waals surface area contributed by atoms with Gasteiger partial charge in [0.1, 0.15) is 6.10 Å². The molecule has 2 saturated heterocycles. The number of cyclic esters (lactones) is 1. The maximum atomic E-state index is 13.6. The summed E-state index contributed by atoms with van der Waals surface area (Å²) >= 11 is 0. The number of morpholine rings is 1. The van der Waals surface area contributed by atoms with Crippen LogP contribution in [0.2, 0.25) is 0 Å². The Hall–Kier alpha value is -3.93.